The molecule has 0 aliphatic heterocycles. The molecule has 1 amide bonds. The van der Waals surface area contributed by atoms with Crippen molar-refractivity contribution < 1.29 is 4.79 Å². The second-order valence-corrected chi connectivity index (χ2v) is 7.55. The molecule has 0 bridgehead atoms. The first kappa shape index (κ1) is 20.7. The van der Waals surface area contributed by atoms with E-state index in [1.165, 1.54) is 5.56 Å². The maximum Gasteiger partial charge on any atom is 0.269 e. The van der Waals surface area contributed by atoms with E-state index in [9.17, 15) is 4.79 Å². The number of hydrogen-bond donors (Lipinski definition) is 3. The highest BCUT2D eigenvalue weighted by molar-refractivity contribution is 7.80. The van der Waals surface area contributed by atoms with Crippen LogP contribution in [0.2, 0.25) is 0 Å². The zero-order chi connectivity index (χ0) is 20.6. The number of aromatic nitrogens is 1. The largest absolute Gasteiger partial charge is 0.357 e. The monoisotopic (exact) mass is 407 g/mol. The van der Waals surface area contributed by atoms with E-state index >= 15 is 0 Å². The van der Waals surface area contributed by atoms with Gasteiger partial charge in [0.05, 0.1) is 0 Å². The molecule has 0 radical (unpaired) electrons. The van der Waals surface area contributed by atoms with Crippen LogP contribution in [0.3, 0.4) is 0 Å². The predicted molar refractivity (Wildman–Crippen MR) is 121 cm³/mol. The third-order valence-electron chi connectivity index (χ3n) is 4.44. The molecule has 0 aliphatic rings. The van der Waals surface area contributed by atoms with E-state index in [0.717, 1.165) is 23.7 Å². The molecule has 3 rings (SSSR count). The average molecular weight is 408 g/mol. The molecular weight excluding hydrogens is 382 g/mol. The van der Waals surface area contributed by atoms with Crippen molar-refractivity contribution in [3.05, 3.63) is 78.1 Å². The summed E-state index contributed by atoms with van der Waals surface area (Å²) in [6, 6.07) is 17.7. The van der Waals surface area contributed by atoms with Gasteiger partial charge in [-0.2, -0.15) is 0 Å². The molecule has 150 valence electrons. The summed E-state index contributed by atoms with van der Waals surface area (Å²) in [4.78, 5) is 18.6. The van der Waals surface area contributed by atoms with Gasteiger partial charge in [0.15, 0.2) is 5.11 Å². The van der Waals surface area contributed by atoms with Crippen LogP contribution in [0.1, 0.15) is 15.9 Å². The van der Waals surface area contributed by atoms with Crippen LogP contribution in [0.5, 0.6) is 0 Å². The van der Waals surface area contributed by atoms with Crippen LogP contribution in [0.25, 0.3) is 10.8 Å². The standard InChI is InChI=1S/C22H25N5OS/c1-27(2)15-20(12-16-6-4-3-5-7-16)24-22(29)26-25-21(28)18-8-9-19-14-23-11-10-17(19)13-18/h3-11,13-14,20H,12,15H2,1-2H3,(H,25,28)(H2,24,26,29). The summed E-state index contributed by atoms with van der Waals surface area (Å²) in [6.07, 6.45) is 4.30. The van der Waals surface area contributed by atoms with Crippen molar-refractivity contribution in [2.75, 3.05) is 20.6 Å². The fourth-order valence-corrected chi connectivity index (χ4v) is 3.35. The zero-order valence-corrected chi connectivity index (χ0v) is 17.4. The Bertz CT molecular complexity index is 977. The number of carbonyl (C=O) groups is 1. The fourth-order valence-electron chi connectivity index (χ4n) is 3.13. The summed E-state index contributed by atoms with van der Waals surface area (Å²) >= 11 is 5.38. The minimum absolute atomic E-state index is 0.109. The lowest BCUT2D eigenvalue weighted by Crippen LogP contribution is -2.52. The second-order valence-electron chi connectivity index (χ2n) is 7.14. The molecule has 0 aliphatic carbocycles. The van der Waals surface area contributed by atoms with Crippen LogP contribution in [0.15, 0.2) is 67.0 Å². The molecule has 7 heteroatoms. The van der Waals surface area contributed by atoms with Crippen LogP contribution in [0.4, 0.5) is 0 Å². The quantitative estimate of drug-likeness (QED) is 0.431. The molecule has 1 aromatic heterocycles. The second kappa shape index (κ2) is 9.95. The van der Waals surface area contributed by atoms with E-state index in [-0.39, 0.29) is 11.9 Å². The number of thiocarbonyl (C=S) groups is 1. The van der Waals surface area contributed by atoms with Crippen LogP contribution < -0.4 is 16.2 Å². The Hall–Kier alpha value is -3.03. The molecular formula is C22H25N5OS. The fraction of sp³-hybridized carbons (Fsp3) is 0.227. The van der Waals surface area contributed by atoms with Crippen LogP contribution in [-0.4, -0.2) is 47.6 Å². The first-order valence-corrected chi connectivity index (χ1v) is 9.81. The lowest BCUT2D eigenvalue weighted by molar-refractivity contribution is 0.0943. The van der Waals surface area contributed by atoms with Crippen molar-refractivity contribution in [3.8, 4) is 0 Å². The highest BCUT2D eigenvalue weighted by Crippen LogP contribution is 2.14. The van der Waals surface area contributed by atoms with E-state index in [1.54, 1.807) is 18.5 Å². The highest BCUT2D eigenvalue weighted by Gasteiger charge is 2.13. The van der Waals surface area contributed by atoms with Gasteiger partial charge in [0.2, 0.25) is 0 Å². The molecule has 2 aromatic carbocycles. The Balaban J connectivity index is 1.56. The van der Waals surface area contributed by atoms with Gasteiger partial charge in [-0.25, -0.2) is 0 Å². The van der Waals surface area contributed by atoms with Gasteiger partial charge in [0, 0.05) is 35.9 Å². The summed E-state index contributed by atoms with van der Waals surface area (Å²) in [7, 11) is 4.04. The molecule has 0 saturated carbocycles. The van der Waals surface area contributed by atoms with Gasteiger partial charge < -0.3 is 10.2 Å². The maximum atomic E-state index is 12.5. The molecule has 0 fully saturated rings. The zero-order valence-electron chi connectivity index (χ0n) is 16.6. The van der Waals surface area contributed by atoms with Gasteiger partial charge in [-0.1, -0.05) is 36.4 Å². The lowest BCUT2D eigenvalue weighted by Gasteiger charge is -2.24. The minimum Gasteiger partial charge on any atom is -0.357 e. The molecule has 29 heavy (non-hydrogen) atoms. The van der Waals surface area contributed by atoms with Crippen molar-refractivity contribution in [1.29, 1.82) is 0 Å². The highest BCUT2D eigenvalue weighted by atomic mass is 32.1. The number of pyridine rings is 1. The first-order chi connectivity index (χ1) is 14.0. The van der Waals surface area contributed by atoms with Crippen LogP contribution >= 0.6 is 12.2 Å². The third-order valence-corrected chi connectivity index (χ3v) is 4.66. The summed E-state index contributed by atoms with van der Waals surface area (Å²) in [5.74, 6) is -0.250. The normalized spacial score (nSPS) is 11.8. The summed E-state index contributed by atoms with van der Waals surface area (Å²) < 4.78 is 0. The minimum atomic E-state index is -0.250. The van der Waals surface area contributed by atoms with Gasteiger partial charge in [0.25, 0.3) is 5.91 Å². The van der Waals surface area contributed by atoms with Gasteiger partial charge in [-0.3, -0.25) is 20.6 Å². The summed E-state index contributed by atoms with van der Waals surface area (Å²) in [6.45, 7) is 0.809. The van der Waals surface area contributed by atoms with E-state index in [0.29, 0.717) is 10.7 Å². The van der Waals surface area contributed by atoms with Crippen molar-refractivity contribution >= 4 is 34.0 Å². The number of benzene rings is 2. The van der Waals surface area contributed by atoms with Crippen molar-refractivity contribution in [2.24, 2.45) is 0 Å². The van der Waals surface area contributed by atoms with Gasteiger partial charge in [0.1, 0.15) is 0 Å². The Labute approximate surface area is 176 Å². The van der Waals surface area contributed by atoms with Gasteiger partial charge in [-0.05, 0) is 61.9 Å². The van der Waals surface area contributed by atoms with Crippen molar-refractivity contribution in [1.82, 2.24) is 26.1 Å². The third kappa shape index (κ3) is 6.23. The van der Waals surface area contributed by atoms with Crippen LogP contribution in [-0.2, 0) is 6.42 Å². The number of amides is 1. The number of hydrazine groups is 1. The number of likely N-dealkylation sites (N-methyl/N-ethyl adjacent to an activating group) is 1. The molecule has 0 spiro atoms. The number of fused-ring (bicyclic) bond motifs is 1. The topological polar surface area (TPSA) is 69.3 Å². The van der Waals surface area contributed by atoms with E-state index in [2.05, 4.69) is 38.2 Å². The average Bonchev–Trinajstić information content (AvgIpc) is 2.72. The molecule has 1 atom stereocenters. The molecule has 0 saturated heterocycles. The Morgan fingerprint density at radius 3 is 2.62 bits per heavy atom. The molecule has 1 heterocycles. The number of carbonyl (C=O) groups excluding carboxylic acids is 1. The first-order valence-electron chi connectivity index (χ1n) is 9.40. The smallest absolute Gasteiger partial charge is 0.269 e. The van der Waals surface area contributed by atoms with E-state index < -0.39 is 0 Å². The number of nitrogens with one attached hydrogen (secondary N) is 3. The number of hydrogen-bond acceptors (Lipinski definition) is 4. The summed E-state index contributed by atoms with van der Waals surface area (Å²) in [5, 5.41) is 5.62. The van der Waals surface area contributed by atoms with Crippen molar-refractivity contribution in [2.45, 2.75) is 12.5 Å². The van der Waals surface area contributed by atoms with Crippen LogP contribution in [0, 0.1) is 0 Å². The molecule has 3 N–H and O–H groups in total. The Morgan fingerprint density at radius 1 is 1.07 bits per heavy atom. The molecule has 6 nitrogen and oxygen atoms in total. The number of rotatable bonds is 6. The van der Waals surface area contributed by atoms with Gasteiger partial charge in [-0.15, -0.1) is 0 Å². The van der Waals surface area contributed by atoms with Gasteiger partial charge >= 0.3 is 0 Å². The number of nitrogens with zero attached hydrogens (tertiary/aromatic N) is 2. The molecule has 1 unspecified atom stereocenters. The van der Waals surface area contributed by atoms with Crippen molar-refractivity contribution in [3.63, 3.8) is 0 Å². The van der Waals surface area contributed by atoms with E-state index in [1.807, 2.05) is 50.5 Å². The summed E-state index contributed by atoms with van der Waals surface area (Å²) in [5.41, 5.74) is 7.25. The lowest BCUT2D eigenvalue weighted by atomic mass is 10.1. The maximum absolute atomic E-state index is 12.5. The predicted octanol–water partition coefficient (Wildman–Crippen LogP) is 2.52. The SMILES string of the molecule is CN(C)CC(Cc1ccccc1)NC(=S)NNC(=O)c1ccc2cnccc2c1. The molecule has 3 aromatic rings. The van der Waals surface area contributed by atoms with E-state index in [4.69, 9.17) is 12.2 Å². The Morgan fingerprint density at radius 2 is 1.86 bits per heavy atom. The Kier molecular flexibility index (Phi) is 7.10.